The van der Waals surface area contributed by atoms with Gasteiger partial charge in [-0.3, -0.25) is 0 Å². The molecule has 17 heavy (non-hydrogen) atoms. The second kappa shape index (κ2) is 6.93. The lowest BCUT2D eigenvalue weighted by atomic mass is 10.1. The Bertz CT molecular complexity index is 319. The van der Waals surface area contributed by atoms with Crippen LogP contribution in [0.5, 0.6) is 0 Å². The Morgan fingerprint density at radius 2 is 1.94 bits per heavy atom. The first kappa shape index (κ1) is 13.5. The maximum absolute atomic E-state index is 5.64. The Hall–Kier alpha value is -1.52. The Morgan fingerprint density at radius 1 is 1.18 bits per heavy atom. The molecule has 0 aliphatic heterocycles. The van der Waals surface area contributed by atoms with Crippen LogP contribution in [0.3, 0.4) is 0 Å². The van der Waals surface area contributed by atoms with Gasteiger partial charge in [0.2, 0.25) is 5.95 Å². The molecule has 1 heterocycles. The quantitative estimate of drug-likeness (QED) is 0.677. The smallest absolute Gasteiger partial charge is 0.223 e. The third-order valence-corrected chi connectivity index (χ3v) is 2.66. The van der Waals surface area contributed by atoms with Gasteiger partial charge in [0, 0.05) is 12.1 Å². The Balaban J connectivity index is 2.63. The fourth-order valence-corrected chi connectivity index (χ4v) is 1.86. The van der Waals surface area contributed by atoms with E-state index in [1.807, 2.05) is 0 Å². The number of nitrogen functional groups attached to an aromatic ring is 2. The maximum atomic E-state index is 5.64. The van der Waals surface area contributed by atoms with Crippen LogP contribution < -0.4 is 16.8 Å². The van der Waals surface area contributed by atoms with E-state index in [2.05, 4.69) is 29.1 Å². The zero-order chi connectivity index (χ0) is 12.7. The summed E-state index contributed by atoms with van der Waals surface area (Å²) in [6.07, 6.45) is 5.85. The summed E-state index contributed by atoms with van der Waals surface area (Å²) >= 11 is 0. The summed E-state index contributed by atoms with van der Waals surface area (Å²) in [5.41, 5.74) is 11.2. The van der Waals surface area contributed by atoms with Crippen LogP contribution in [0.15, 0.2) is 6.07 Å². The van der Waals surface area contributed by atoms with Crippen molar-refractivity contribution in [3.05, 3.63) is 6.07 Å². The summed E-state index contributed by atoms with van der Waals surface area (Å²) in [6.45, 7) is 4.38. The summed E-state index contributed by atoms with van der Waals surface area (Å²) in [4.78, 5) is 7.99. The van der Waals surface area contributed by atoms with E-state index in [0.29, 0.717) is 11.9 Å². The van der Waals surface area contributed by atoms with E-state index in [-0.39, 0.29) is 5.95 Å². The molecular weight excluding hydrogens is 214 g/mol. The second-order valence-electron chi connectivity index (χ2n) is 4.31. The van der Waals surface area contributed by atoms with Gasteiger partial charge in [0.15, 0.2) is 0 Å². The molecule has 1 aromatic rings. The van der Waals surface area contributed by atoms with Crippen LogP contribution in [-0.4, -0.2) is 16.0 Å². The predicted octanol–water partition coefficient (Wildman–Crippen LogP) is 2.41. The molecule has 0 saturated carbocycles. The Labute approximate surface area is 103 Å². The first-order chi connectivity index (χ1) is 8.15. The van der Waals surface area contributed by atoms with Crippen molar-refractivity contribution < 1.29 is 0 Å². The average Bonchev–Trinajstić information content (AvgIpc) is 2.24. The fourth-order valence-electron chi connectivity index (χ4n) is 1.86. The molecule has 1 rings (SSSR count). The van der Waals surface area contributed by atoms with E-state index in [1.165, 1.54) is 12.8 Å². The molecule has 0 aromatic carbocycles. The van der Waals surface area contributed by atoms with Gasteiger partial charge in [0.05, 0.1) is 0 Å². The SMILES string of the molecule is CCCCC(CCC)Nc1cc(N)nc(N)n1. The number of nitrogens with one attached hydrogen (secondary N) is 1. The third-order valence-electron chi connectivity index (χ3n) is 2.66. The molecule has 5 N–H and O–H groups in total. The number of rotatable bonds is 7. The van der Waals surface area contributed by atoms with Crippen molar-refractivity contribution in [2.75, 3.05) is 16.8 Å². The lowest BCUT2D eigenvalue weighted by molar-refractivity contribution is 0.563. The number of aromatic nitrogens is 2. The highest BCUT2D eigenvalue weighted by atomic mass is 15.1. The molecule has 96 valence electrons. The lowest BCUT2D eigenvalue weighted by Gasteiger charge is -2.18. The molecule has 5 heteroatoms. The standard InChI is InChI=1S/C12H23N5/c1-3-5-7-9(6-4-2)15-11-8-10(13)16-12(14)17-11/h8-9H,3-7H2,1-2H3,(H5,13,14,15,16,17). The molecule has 1 aromatic heterocycles. The minimum Gasteiger partial charge on any atom is -0.383 e. The van der Waals surface area contributed by atoms with Crippen molar-refractivity contribution in [1.82, 2.24) is 9.97 Å². The maximum Gasteiger partial charge on any atom is 0.223 e. The van der Waals surface area contributed by atoms with E-state index >= 15 is 0 Å². The van der Waals surface area contributed by atoms with Crippen LogP contribution in [0.25, 0.3) is 0 Å². The van der Waals surface area contributed by atoms with Gasteiger partial charge in [-0.25, -0.2) is 0 Å². The summed E-state index contributed by atoms with van der Waals surface area (Å²) in [7, 11) is 0. The van der Waals surface area contributed by atoms with Gasteiger partial charge in [0.1, 0.15) is 11.6 Å². The van der Waals surface area contributed by atoms with E-state index in [4.69, 9.17) is 11.5 Å². The minimum absolute atomic E-state index is 0.221. The molecule has 1 atom stereocenters. The lowest BCUT2D eigenvalue weighted by Crippen LogP contribution is -2.20. The fraction of sp³-hybridized carbons (Fsp3) is 0.667. The zero-order valence-corrected chi connectivity index (χ0v) is 10.7. The van der Waals surface area contributed by atoms with Gasteiger partial charge in [-0.2, -0.15) is 9.97 Å². The number of nitrogens with zero attached hydrogens (tertiary/aromatic N) is 2. The van der Waals surface area contributed by atoms with Crippen LogP contribution in [0.2, 0.25) is 0 Å². The van der Waals surface area contributed by atoms with E-state index in [0.717, 1.165) is 25.1 Å². The van der Waals surface area contributed by atoms with Gasteiger partial charge in [0.25, 0.3) is 0 Å². The van der Waals surface area contributed by atoms with E-state index in [1.54, 1.807) is 6.07 Å². The second-order valence-corrected chi connectivity index (χ2v) is 4.31. The predicted molar refractivity (Wildman–Crippen MR) is 72.7 cm³/mol. The van der Waals surface area contributed by atoms with Crippen molar-refractivity contribution in [1.29, 1.82) is 0 Å². The summed E-state index contributed by atoms with van der Waals surface area (Å²) in [6, 6.07) is 2.17. The molecule has 5 nitrogen and oxygen atoms in total. The van der Waals surface area contributed by atoms with Gasteiger partial charge in [-0.1, -0.05) is 33.1 Å². The molecule has 0 fully saturated rings. The van der Waals surface area contributed by atoms with Crippen molar-refractivity contribution in [3.8, 4) is 0 Å². The molecule has 1 unspecified atom stereocenters. The summed E-state index contributed by atoms with van der Waals surface area (Å²) in [5, 5.41) is 3.39. The highest BCUT2D eigenvalue weighted by Gasteiger charge is 2.08. The highest BCUT2D eigenvalue weighted by Crippen LogP contribution is 2.15. The first-order valence-electron chi connectivity index (χ1n) is 6.32. The third kappa shape index (κ3) is 4.89. The van der Waals surface area contributed by atoms with Gasteiger partial charge in [-0.15, -0.1) is 0 Å². The van der Waals surface area contributed by atoms with Gasteiger partial charge in [-0.05, 0) is 12.8 Å². The molecule has 0 amide bonds. The summed E-state index contributed by atoms with van der Waals surface area (Å²) in [5.74, 6) is 1.36. The molecule has 0 aliphatic rings. The molecular formula is C12H23N5. The van der Waals surface area contributed by atoms with Crippen LogP contribution in [0.1, 0.15) is 46.0 Å². The van der Waals surface area contributed by atoms with Crippen molar-refractivity contribution in [3.63, 3.8) is 0 Å². The van der Waals surface area contributed by atoms with Gasteiger partial charge < -0.3 is 16.8 Å². The molecule has 0 spiro atoms. The first-order valence-corrected chi connectivity index (χ1v) is 6.32. The Kier molecular flexibility index (Phi) is 5.52. The number of hydrogen-bond acceptors (Lipinski definition) is 5. The molecule has 0 bridgehead atoms. The van der Waals surface area contributed by atoms with Crippen molar-refractivity contribution in [2.24, 2.45) is 0 Å². The van der Waals surface area contributed by atoms with E-state index < -0.39 is 0 Å². The topological polar surface area (TPSA) is 89.8 Å². The summed E-state index contributed by atoms with van der Waals surface area (Å²) < 4.78 is 0. The highest BCUT2D eigenvalue weighted by molar-refractivity contribution is 5.48. The normalized spacial score (nSPS) is 12.4. The number of unbranched alkanes of at least 4 members (excludes halogenated alkanes) is 1. The van der Waals surface area contributed by atoms with Crippen LogP contribution in [0, 0.1) is 0 Å². The largest absolute Gasteiger partial charge is 0.383 e. The van der Waals surface area contributed by atoms with Crippen LogP contribution in [-0.2, 0) is 0 Å². The minimum atomic E-state index is 0.221. The molecule has 0 radical (unpaired) electrons. The Morgan fingerprint density at radius 3 is 2.53 bits per heavy atom. The van der Waals surface area contributed by atoms with Crippen LogP contribution in [0.4, 0.5) is 17.6 Å². The number of anilines is 3. The van der Waals surface area contributed by atoms with Crippen molar-refractivity contribution >= 4 is 17.6 Å². The van der Waals surface area contributed by atoms with Crippen LogP contribution >= 0.6 is 0 Å². The molecule has 0 aliphatic carbocycles. The molecule has 0 saturated heterocycles. The monoisotopic (exact) mass is 237 g/mol. The average molecular weight is 237 g/mol. The van der Waals surface area contributed by atoms with Crippen molar-refractivity contribution in [2.45, 2.75) is 52.0 Å². The number of nitrogens with two attached hydrogens (primary N) is 2. The van der Waals surface area contributed by atoms with E-state index in [9.17, 15) is 0 Å². The van der Waals surface area contributed by atoms with Gasteiger partial charge >= 0.3 is 0 Å². The zero-order valence-electron chi connectivity index (χ0n) is 10.7. The number of hydrogen-bond donors (Lipinski definition) is 3.